The predicted molar refractivity (Wildman–Crippen MR) is 88.5 cm³/mol. The average molecular weight is 355 g/mol. The molecule has 0 amide bonds. The fourth-order valence-electron chi connectivity index (χ4n) is 2.15. The topological polar surface area (TPSA) is 47.5 Å². The fourth-order valence-corrected chi connectivity index (χ4v) is 2.15. The highest BCUT2D eigenvalue weighted by Crippen LogP contribution is 2.38. The number of hydrogen-bond donors (Lipinski definition) is 0. The highest BCUT2D eigenvalue weighted by Gasteiger charge is 2.36. The van der Waals surface area contributed by atoms with Gasteiger partial charge >= 0.3 is 12.2 Å². The molecule has 1 aromatic carbocycles. The van der Waals surface area contributed by atoms with Crippen molar-refractivity contribution < 1.29 is 22.6 Å². The van der Waals surface area contributed by atoms with Crippen LogP contribution in [0.2, 0.25) is 0 Å². The van der Waals surface area contributed by atoms with Crippen LogP contribution in [0.3, 0.4) is 0 Å². The van der Waals surface area contributed by atoms with Crippen molar-refractivity contribution in [1.29, 1.82) is 0 Å². The Bertz CT molecular complexity index is 708. The summed E-state index contributed by atoms with van der Waals surface area (Å²) in [7, 11) is 1.51. The van der Waals surface area contributed by atoms with E-state index in [1.54, 1.807) is 24.3 Å². The Morgan fingerprint density at radius 2 is 1.92 bits per heavy atom. The van der Waals surface area contributed by atoms with E-state index in [9.17, 15) is 13.2 Å². The number of hydrogen-bond acceptors (Lipinski definition) is 5. The van der Waals surface area contributed by atoms with Crippen molar-refractivity contribution in [2.45, 2.75) is 26.4 Å². The van der Waals surface area contributed by atoms with Crippen LogP contribution in [0.4, 0.5) is 24.7 Å². The van der Waals surface area contributed by atoms with Crippen molar-refractivity contribution in [3.05, 3.63) is 36.0 Å². The molecule has 2 aromatic rings. The van der Waals surface area contributed by atoms with Crippen molar-refractivity contribution in [2.24, 2.45) is 0 Å². The Balaban J connectivity index is 2.44. The number of alkyl halides is 3. The molecule has 8 heteroatoms. The number of ether oxygens (including phenoxy) is 2. The standard InChI is InChI=1S/C17H20F3N3O2/c1-4-9-25-16-21-11-14(17(18,19)20)15(22-16)23(3)12-7-6-8-13(10-12)24-5-2/h6-8,10-11H,4-5,9H2,1-3H3. The molecular formula is C17H20F3N3O2. The summed E-state index contributed by atoms with van der Waals surface area (Å²) in [6, 6.07) is 6.69. The van der Waals surface area contributed by atoms with Crippen LogP contribution in [0.5, 0.6) is 11.8 Å². The molecule has 0 radical (unpaired) electrons. The average Bonchev–Trinajstić information content (AvgIpc) is 2.58. The lowest BCUT2D eigenvalue weighted by Gasteiger charge is -2.23. The van der Waals surface area contributed by atoms with Crippen LogP contribution in [0.25, 0.3) is 0 Å². The lowest BCUT2D eigenvalue weighted by molar-refractivity contribution is -0.137. The van der Waals surface area contributed by atoms with E-state index >= 15 is 0 Å². The van der Waals surface area contributed by atoms with Crippen LogP contribution < -0.4 is 14.4 Å². The summed E-state index contributed by atoms with van der Waals surface area (Å²) in [5, 5.41) is 0. The van der Waals surface area contributed by atoms with Crippen LogP contribution in [0.1, 0.15) is 25.8 Å². The van der Waals surface area contributed by atoms with Crippen molar-refractivity contribution >= 4 is 11.5 Å². The van der Waals surface area contributed by atoms with Gasteiger partial charge in [0, 0.05) is 25.0 Å². The molecule has 0 spiro atoms. The molecule has 0 saturated heterocycles. The summed E-state index contributed by atoms with van der Waals surface area (Å²) in [4.78, 5) is 8.96. The van der Waals surface area contributed by atoms with Gasteiger partial charge in [-0.3, -0.25) is 0 Å². The molecule has 0 unspecified atom stereocenters. The molecular weight excluding hydrogens is 335 g/mol. The summed E-state index contributed by atoms with van der Waals surface area (Å²) in [5.41, 5.74) is -0.419. The summed E-state index contributed by atoms with van der Waals surface area (Å²) in [6.07, 6.45) is -3.13. The first-order chi connectivity index (χ1) is 11.9. The van der Waals surface area contributed by atoms with Crippen LogP contribution in [-0.2, 0) is 6.18 Å². The zero-order valence-electron chi connectivity index (χ0n) is 14.3. The molecule has 0 aliphatic rings. The van der Waals surface area contributed by atoms with E-state index in [1.165, 1.54) is 11.9 Å². The van der Waals surface area contributed by atoms with Gasteiger partial charge in [-0.25, -0.2) is 4.98 Å². The number of anilines is 2. The van der Waals surface area contributed by atoms with Crippen molar-refractivity contribution in [1.82, 2.24) is 9.97 Å². The summed E-state index contributed by atoms with van der Waals surface area (Å²) >= 11 is 0. The van der Waals surface area contributed by atoms with E-state index in [0.717, 1.165) is 6.20 Å². The second kappa shape index (κ2) is 8.04. The summed E-state index contributed by atoms with van der Waals surface area (Å²) < 4.78 is 50.7. The van der Waals surface area contributed by atoms with E-state index in [2.05, 4.69) is 9.97 Å². The number of nitrogens with zero attached hydrogens (tertiary/aromatic N) is 3. The van der Waals surface area contributed by atoms with Crippen LogP contribution in [0.15, 0.2) is 30.5 Å². The largest absolute Gasteiger partial charge is 0.494 e. The molecule has 0 N–H and O–H groups in total. The van der Waals surface area contributed by atoms with E-state index in [1.807, 2.05) is 13.8 Å². The molecule has 0 fully saturated rings. The number of rotatable bonds is 7. The SMILES string of the molecule is CCCOc1ncc(C(F)(F)F)c(N(C)c2cccc(OCC)c2)n1. The molecule has 1 heterocycles. The maximum Gasteiger partial charge on any atom is 0.421 e. The Morgan fingerprint density at radius 3 is 2.56 bits per heavy atom. The number of halogens is 3. The molecule has 5 nitrogen and oxygen atoms in total. The quantitative estimate of drug-likeness (QED) is 0.734. The van der Waals surface area contributed by atoms with Crippen LogP contribution in [0, 0.1) is 0 Å². The van der Waals surface area contributed by atoms with Gasteiger partial charge in [-0.1, -0.05) is 13.0 Å². The second-order valence-corrected chi connectivity index (χ2v) is 5.23. The zero-order chi connectivity index (χ0) is 18.4. The smallest absolute Gasteiger partial charge is 0.421 e. The molecule has 1 aromatic heterocycles. The Morgan fingerprint density at radius 1 is 1.16 bits per heavy atom. The van der Waals surface area contributed by atoms with E-state index in [0.29, 0.717) is 31.1 Å². The Labute approximate surface area is 144 Å². The van der Waals surface area contributed by atoms with Gasteiger partial charge in [0.05, 0.1) is 13.2 Å². The highest BCUT2D eigenvalue weighted by atomic mass is 19.4. The first kappa shape index (κ1) is 18.8. The third-order valence-corrected chi connectivity index (χ3v) is 3.32. The van der Waals surface area contributed by atoms with Gasteiger partial charge in [-0.15, -0.1) is 0 Å². The van der Waals surface area contributed by atoms with Gasteiger partial charge in [-0.05, 0) is 25.5 Å². The Kier molecular flexibility index (Phi) is 6.06. The predicted octanol–water partition coefficient (Wildman–Crippen LogP) is 4.45. The molecule has 2 rings (SSSR count). The third kappa shape index (κ3) is 4.74. The zero-order valence-corrected chi connectivity index (χ0v) is 14.3. The molecule has 0 aliphatic carbocycles. The number of benzene rings is 1. The minimum atomic E-state index is -4.58. The van der Waals surface area contributed by atoms with Gasteiger partial charge in [0.1, 0.15) is 11.3 Å². The van der Waals surface area contributed by atoms with Crippen molar-refractivity contribution in [3.63, 3.8) is 0 Å². The molecule has 0 saturated carbocycles. The minimum absolute atomic E-state index is 0.0855. The van der Waals surface area contributed by atoms with Crippen molar-refractivity contribution in [2.75, 3.05) is 25.2 Å². The fraction of sp³-hybridized carbons (Fsp3) is 0.412. The third-order valence-electron chi connectivity index (χ3n) is 3.32. The molecule has 0 bridgehead atoms. The Hall–Kier alpha value is -2.51. The van der Waals surface area contributed by atoms with Crippen molar-refractivity contribution in [3.8, 4) is 11.8 Å². The van der Waals surface area contributed by atoms with Gasteiger partial charge in [0.25, 0.3) is 0 Å². The molecule has 0 atom stereocenters. The molecule has 0 aliphatic heterocycles. The first-order valence-corrected chi connectivity index (χ1v) is 7.90. The van der Waals surface area contributed by atoms with Crippen LogP contribution in [-0.4, -0.2) is 30.2 Å². The van der Waals surface area contributed by atoms with E-state index < -0.39 is 11.7 Å². The van der Waals surface area contributed by atoms with E-state index in [-0.39, 0.29) is 11.8 Å². The lowest BCUT2D eigenvalue weighted by atomic mass is 10.2. The molecule has 25 heavy (non-hydrogen) atoms. The maximum atomic E-state index is 13.3. The van der Waals surface area contributed by atoms with E-state index in [4.69, 9.17) is 9.47 Å². The highest BCUT2D eigenvalue weighted by molar-refractivity contribution is 5.64. The minimum Gasteiger partial charge on any atom is -0.494 e. The van der Waals surface area contributed by atoms with Crippen LogP contribution >= 0.6 is 0 Å². The van der Waals surface area contributed by atoms with Gasteiger partial charge in [-0.2, -0.15) is 18.2 Å². The first-order valence-electron chi connectivity index (χ1n) is 7.90. The second-order valence-electron chi connectivity index (χ2n) is 5.23. The maximum absolute atomic E-state index is 13.3. The number of aromatic nitrogens is 2. The van der Waals surface area contributed by atoms with Gasteiger partial charge < -0.3 is 14.4 Å². The summed E-state index contributed by atoms with van der Waals surface area (Å²) in [6.45, 7) is 4.51. The monoisotopic (exact) mass is 355 g/mol. The van der Waals surface area contributed by atoms with Gasteiger partial charge in [0.2, 0.25) is 0 Å². The van der Waals surface area contributed by atoms with Gasteiger partial charge in [0.15, 0.2) is 5.82 Å². The normalized spacial score (nSPS) is 11.3. The molecule has 136 valence electrons. The lowest BCUT2D eigenvalue weighted by Crippen LogP contribution is -2.19. The summed E-state index contributed by atoms with van der Waals surface area (Å²) in [5.74, 6) is 0.291.